The molecule has 0 saturated carbocycles. The summed E-state index contributed by atoms with van der Waals surface area (Å²) in [7, 11) is 0. The minimum absolute atomic E-state index is 0.0681. The van der Waals surface area contributed by atoms with Crippen LogP contribution in [-0.4, -0.2) is 5.78 Å². The maximum absolute atomic E-state index is 12.5. The molecule has 1 nitrogen and oxygen atoms in total. The highest BCUT2D eigenvalue weighted by atomic mass is 79.9. The number of fused-ring (bicyclic) bond motifs is 1. The fraction of sp³-hybridized carbons (Fsp3) is 0.0556. The predicted octanol–water partition coefficient (Wildman–Crippen LogP) is 5.14. The number of carbonyl (C=O) groups excluding carboxylic acids is 1. The largest absolute Gasteiger partial charge is 0.289 e. The second kappa shape index (κ2) is 5.22. The standard InChI is InChI=1S/C18H13BrO/c1-12-3-2-4-15(9-12)18(20)16-6-5-14-11-17(19)8-7-13(14)10-16/h2-11H,1H3. The van der Waals surface area contributed by atoms with E-state index in [1.807, 2.05) is 61.5 Å². The second-order valence-electron chi connectivity index (χ2n) is 4.90. The predicted molar refractivity (Wildman–Crippen MR) is 86.3 cm³/mol. The lowest BCUT2D eigenvalue weighted by molar-refractivity contribution is 0.103. The van der Waals surface area contributed by atoms with Gasteiger partial charge in [-0.3, -0.25) is 4.79 Å². The van der Waals surface area contributed by atoms with Crippen molar-refractivity contribution in [2.24, 2.45) is 0 Å². The van der Waals surface area contributed by atoms with Crippen molar-refractivity contribution >= 4 is 32.5 Å². The van der Waals surface area contributed by atoms with Crippen LogP contribution in [0.15, 0.2) is 65.1 Å². The molecule has 20 heavy (non-hydrogen) atoms. The van der Waals surface area contributed by atoms with E-state index in [0.717, 1.165) is 31.9 Å². The number of hydrogen-bond donors (Lipinski definition) is 0. The molecule has 0 fully saturated rings. The van der Waals surface area contributed by atoms with Crippen molar-refractivity contribution in [2.45, 2.75) is 6.92 Å². The first-order valence-electron chi connectivity index (χ1n) is 6.44. The van der Waals surface area contributed by atoms with Gasteiger partial charge in [-0.2, -0.15) is 0 Å². The molecule has 0 radical (unpaired) electrons. The van der Waals surface area contributed by atoms with Crippen LogP contribution in [0.25, 0.3) is 10.8 Å². The van der Waals surface area contributed by atoms with Crippen molar-refractivity contribution in [3.05, 3.63) is 81.8 Å². The molecule has 2 heteroatoms. The summed E-state index contributed by atoms with van der Waals surface area (Å²) >= 11 is 3.46. The smallest absolute Gasteiger partial charge is 0.193 e. The Bertz CT molecular complexity index is 805. The van der Waals surface area contributed by atoms with E-state index >= 15 is 0 Å². The van der Waals surface area contributed by atoms with Gasteiger partial charge in [0.25, 0.3) is 0 Å². The lowest BCUT2D eigenvalue weighted by Gasteiger charge is -2.05. The van der Waals surface area contributed by atoms with Gasteiger partial charge in [0.1, 0.15) is 0 Å². The van der Waals surface area contributed by atoms with E-state index in [2.05, 4.69) is 22.0 Å². The van der Waals surface area contributed by atoms with Gasteiger partial charge in [0, 0.05) is 15.6 Å². The van der Waals surface area contributed by atoms with Crippen molar-refractivity contribution < 1.29 is 4.79 Å². The fourth-order valence-corrected chi connectivity index (χ4v) is 2.69. The van der Waals surface area contributed by atoms with Crippen LogP contribution in [-0.2, 0) is 0 Å². The monoisotopic (exact) mass is 324 g/mol. The fourth-order valence-electron chi connectivity index (χ4n) is 2.31. The number of carbonyl (C=O) groups is 1. The molecule has 0 aliphatic rings. The van der Waals surface area contributed by atoms with Crippen LogP contribution in [0.5, 0.6) is 0 Å². The lowest BCUT2D eigenvalue weighted by atomic mass is 9.99. The van der Waals surface area contributed by atoms with Crippen molar-refractivity contribution in [3.8, 4) is 0 Å². The van der Waals surface area contributed by atoms with Gasteiger partial charge in [0.05, 0.1) is 0 Å². The molecule has 0 aliphatic heterocycles. The Balaban J connectivity index is 2.06. The molecular weight excluding hydrogens is 312 g/mol. The Hall–Kier alpha value is -1.93. The zero-order valence-electron chi connectivity index (χ0n) is 11.1. The number of benzene rings is 3. The summed E-state index contributed by atoms with van der Waals surface area (Å²) in [4.78, 5) is 12.5. The molecule has 0 saturated heterocycles. The van der Waals surface area contributed by atoms with E-state index in [4.69, 9.17) is 0 Å². The highest BCUT2D eigenvalue weighted by Gasteiger charge is 2.09. The SMILES string of the molecule is Cc1cccc(C(=O)c2ccc3cc(Br)ccc3c2)c1. The average Bonchev–Trinajstić information content (AvgIpc) is 2.46. The summed E-state index contributed by atoms with van der Waals surface area (Å²) in [5.74, 6) is 0.0681. The summed E-state index contributed by atoms with van der Waals surface area (Å²) in [6.45, 7) is 1.99. The number of ketones is 1. The van der Waals surface area contributed by atoms with E-state index in [9.17, 15) is 4.79 Å². The quantitative estimate of drug-likeness (QED) is 0.596. The molecule has 0 aromatic heterocycles. The van der Waals surface area contributed by atoms with E-state index in [0.29, 0.717) is 0 Å². The highest BCUT2D eigenvalue weighted by Crippen LogP contribution is 2.22. The zero-order chi connectivity index (χ0) is 14.1. The van der Waals surface area contributed by atoms with Crippen molar-refractivity contribution in [2.75, 3.05) is 0 Å². The van der Waals surface area contributed by atoms with Gasteiger partial charge in [0.15, 0.2) is 5.78 Å². The minimum atomic E-state index is 0.0681. The van der Waals surface area contributed by atoms with Gasteiger partial charge in [-0.25, -0.2) is 0 Å². The van der Waals surface area contributed by atoms with E-state index in [-0.39, 0.29) is 5.78 Å². The van der Waals surface area contributed by atoms with Crippen LogP contribution in [0, 0.1) is 6.92 Å². The van der Waals surface area contributed by atoms with Gasteiger partial charge >= 0.3 is 0 Å². The maximum Gasteiger partial charge on any atom is 0.193 e. The Morgan fingerprint density at radius 3 is 2.35 bits per heavy atom. The molecule has 3 aromatic rings. The van der Waals surface area contributed by atoms with Crippen molar-refractivity contribution in [3.63, 3.8) is 0 Å². The molecule has 0 N–H and O–H groups in total. The van der Waals surface area contributed by atoms with Crippen molar-refractivity contribution in [1.82, 2.24) is 0 Å². The first kappa shape index (κ1) is 13.1. The Labute approximate surface area is 126 Å². The molecule has 0 unspecified atom stereocenters. The van der Waals surface area contributed by atoms with Crippen LogP contribution >= 0.6 is 15.9 Å². The van der Waals surface area contributed by atoms with E-state index in [1.165, 1.54) is 0 Å². The summed E-state index contributed by atoms with van der Waals surface area (Å²) in [6.07, 6.45) is 0. The average molecular weight is 325 g/mol. The van der Waals surface area contributed by atoms with Gasteiger partial charge in [-0.05, 0) is 42.0 Å². The summed E-state index contributed by atoms with van der Waals surface area (Å²) in [5, 5.41) is 2.20. The molecule has 0 heterocycles. The van der Waals surface area contributed by atoms with Crippen LogP contribution in [0.3, 0.4) is 0 Å². The van der Waals surface area contributed by atoms with Gasteiger partial charge < -0.3 is 0 Å². The number of halogens is 1. The van der Waals surface area contributed by atoms with Crippen LogP contribution < -0.4 is 0 Å². The number of hydrogen-bond acceptors (Lipinski definition) is 1. The Morgan fingerprint density at radius 2 is 1.55 bits per heavy atom. The molecule has 3 rings (SSSR count). The first-order chi connectivity index (χ1) is 9.63. The van der Waals surface area contributed by atoms with E-state index in [1.54, 1.807) is 0 Å². The summed E-state index contributed by atoms with van der Waals surface area (Å²) in [5.41, 5.74) is 2.56. The van der Waals surface area contributed by atoms with Crippen LogP contribution in [0.2, 0.25) is 0 Å². The molecule has 98 valence electrons. The van der Waals surface area contributed by atoms with Crippen LogP contribution in [0.4, 0.5) is 0 Å². The third-order valence-corrected chi connectivity index (χ3v) is 3.84. The molecule has 0 atom stereocenters. The minimum Gasteiger partial charge on any atom is -0.289 e. The summed E-state index contributed by atoms with van der Waals surface area (Å²) < 4.78 is 1.04. The number of aryl methyl sites for hydroxylation is 1. The van der Waals surface area contributed by atoms with Crippen molar-refractivity contribution in [1.29, 1.82) is 0 Å². The third kappa shape index (κ3) is 2.52. The first-order valence-corrected chi connectivity index (χ1v) is 7.23. The Kier molecular flexibility index (Phi) is 3.41. The molecule has 0 amide bonds. The summed E-state index contributed by atoms with van der Waals surface area (Å²) in [6, 6.07) is 19.6. The molecular formula is C18H13BrO. The van der Waals surface area contributed by atoms with Crippen LogP contribution in [0.1, 0.15) is 21.5 Å². The normalized spacial score (nSPS) is 10.7. The second-order valence-corrected chi connectivity index (χ2v) is 5.82. The lowest BCUT2D eigenvalue weighted by Crippen LogP contribution is -2.01. The zero-order valence-corrected chi connectivity index (χ0v) is 12.6. The maximum atomic E-state index is 12.5. The number of rotatable bonds is 2. The molecule has 0 spiro atoms. The molecule has 0 aliphatic carbocycles. The topological polar surface area (TPSA) is 17.1 Å². The van der Waals surface area contributed by atoms with E-state index < -0.39 is 0 Å². The highest BCUT2D eigenvalue weighted by molar-refractivity contribution is 9.10. The van der Waals surface area contributed by atoms with Gasteiger partial charge in [-0.15, -0.1) is 0 Å². The van der Waals surface area contributed by atoms with Gasteiger partial charge in [0.2, 0.25) is 0 Å². The van der Waals surface area contributed by atoms with Gasteiger partial charge in [-0.1, -0.05) is 57.9 Å². The third-order valence-electron chi connectivity index (χ3n) is 3.34. The molecule has 0 bridgehead atoms. The molecule has 3 aromatic carbocycles. The Morgan fingerprint density at radius 1 is 0.850 bits per heavy atom.